The fourth-order valence-corrected chi connectivity index (χ4v) is 2.82. The Morgan fingerprint density at radius 2 is 2.25 bits per heavy atom. The second kappa shape index (κ2) is 6.76. The highest BCUT2D eigenvalue weighted by molar-refractivity contribution is 5.40. The molecule has 1 atom stereocenters. The number of rotatable bonds is 5. The average Bonchev–Trinajstić information content (AvgIpc) is 2.43. The van der Waals surface area contributed by atoms with Crippen molar-refractivity contribution in [2.45, 2.75) is 38.3 Å². The van der Waals surface area contributed by atoms with Crippen LogP contribution >= 0.6 is 0 Å². The zero-order valence-electron chi connectivity index (χ0n) is 11.3. The quantitative estimate of drug-likeness (QED) is 0.665. The molecule has 1 heterocycles. The zero-order valence-corrected chi connectivity index (χ0v) is 11.3. The molecular formula is C14H19FN2O3. The van der Waals surface area contributed by atoms with Crippen molar-refractivity contribution >= 4 is 5.69 Å². The lowest BCUT2D eigenvalue weighted by atomic mass is 9.98. The molecule has 2 rings (SSSR count). The van der Waals surface area contributed by atoms with Crippen molar-refractivity contribution in [3.05, 3.63) is 39.7 Å². The van der Waals surface area contributed by atoms with Gasteiger partial charge in [0, 0.05) is 25.3 Å². The number of halogens is 1. The van der Waals surface area contributed by atoms with Gasteiger partial charge in [-0.05, 0) is 31.9 Å². The van der Waals surface area contributed by atoms with Crippen LogP contribution in [0.1, 0.15) is 31.2 Å². The van der Waals surface area contributed by atoms with Gasteiger partial charge in [-0.15, -0.1) is 0 Å². The van der Waals surface area contributed by atoms with Gasteiger partial charge >= 0.3 is 0 Å². The summed E-state index contributed by atoms with van der Waals surface area (Å²) >= 11 is 0. The molecule has 6 heteroatoms. The first kappa shape index (κ1) is 14.9. The number of nitro groups is 1. The Bertz CT molecular complexity index is 479. The van der Waals surface area contributed by atoms with Crippen molar-refractivity contribution in [1.29, 1.82) is 0 Å². The monoisotopic (exact) mass is 282 g/mol. The largest absolute Gasteiger partial charge is 0.396 e. The van der Waals surface area contributed by atoms with E-state index in [4.69, 9.17) is 5.11 Å². The molecule has 110 valence electrons. The van der Waals surface area contributed by atoms with Crippen LogP contribution in [0.2, 0.25) is 0 Å². The van der Waals surface area contributed by atoms with Gasteiger partial charge in [0.05, 0.1) is 10.5 Å². The Kier molecular flexibility index (Phi) is 5.03. The number of aliphatic hydroxyl groups excluding tert-OH is 1. The Labute approximate surface area is 117 Å². The molecule has 0 spiro atoms. The molecule has 0 aromatic heterocycles. The van der Waals surface area contributed by atoms with Crippen molar-refractivity contribution in [3.8, 4) is 0 Å². The summed E-state index contributed by atoms with van der Waals surface area (Å²) in [6.45, 7) is 1.10. The van der Waals surface area contributed by atoms with Crippen molar-refractivity contribution in [2.75, 3.05) is 13.2 Å². The Balaban J connectivity index is 2.21. The number of piperidine rings is 1. The summed E-state index contributed by atoms with van der Waals surface area (Å²) in [5.41, 5.74) is -0.0272. The van der Waals surface area contributed by atoms with Gasteiger partial charge in [0.1, 0.15) is 5.82 Å². The first-order chi connectivity index (χ1) is 9.63. The number of hydrogen-bond acceptors (Lipinski definition) is 4. The van der Waals surface area contributed by atoms with Gasteiger partial charge in [0.2, 0.25) is 0 Å². The van der Waals surface area contributed by atoms with Crippen molar-refractivity contribution < 1.29 is 14.4 Å². The number of likely N-dealkylation sites (tertiary alicyclic amines) is 1. The first-order valence-electron chi connectivity index (χ1n) is 6.90. The van der Waals surface area contributed by atoms with Crippen LogP contribution in [-0.4, -0.2) is 34.1 Å². The molecule has 1 aliphatic heterocycles. The van der Waals surface area contributed by atoms with E-state index in [9.17, 15) is 14.5 Å². The van der Waals surface area contributed by atoms with Crippen LogP contribution in [0.4, 0.5) is 10.1 Å². The van der Waals surface area contributed by atoms with Gasteiger partial charge in [-0.25, -0.2) is 4.39 Å². The number of nitro benzene ring substituents is 1. The van der Waals surface area contributed by atoms with Gasteiger partial charge in [-0.3, -0.25) is 15.0 Å². The summed E-state index contributed by atoms with van der Waals surface area (Å²) in [5, 5.41) is 20.1. The summed E-state index contributed by atoms with van der Waals surface area (Å²) in [7, 11) is 0. The Hall–Kier alpha value is -1.53. The molecule has 5 nitrogen and oxygen atoms in total. The maximum Gasteiger partial charge on any atom is 0.276 e. The van der Waals surface area contributed by atoms with Gasteiger partial charge in [-0.1, -0.05) is 12.5 Å². The van der Waals surface area contributed by atoms with Crippen LogP contribution in [0.3, 0.4) is 0 Å². The fourth-order valence-electron chi connectivity index (χ4n) is 2.82. The van der Waals surface area contributed by atoms with E-state index in [1.54, 1.807) is 0 Å². The molecule has 20 heavy (non-hydrogen) atoms. The molecular weight excluding hydrogens is 263 g/mol. The summed E-state index contributed by atoms with van der Waals surface area (Å²) in [6, 6.07) is 4.13. The molecule has 0 bridgehead atoms. The molecule has 0 aliphatic carbocycles. The lowest BCUT2D eigenvalue weighted by Gasteiger charge is -2.35. The fraction of sp³-hybridized carbons (Fsp3) is 0.571. The van der Waals surface area contributed by atoms with E-state index in [1.807, 2.05) is 4.90 Å². The minimum atomic E-state index is -0.538. The molecule has 1 fully saturated rings. The lowest BCUT2D eigenvalue weighted by molar-refractivity contribution is -0.386. The SMILES string of the molecule is O=[N+]([O-])c1cccc(F)c1CN1CCCCC1CCO. The van der Waals surface area contributed by atoms with E-state index < -0.39 is 10.7 Å². The molecule has 1 aromatic rings. The smallest absolute Gasteiger partial charge is 0.276 e. The predicted molar refractivity (Wildman–Crippen MR) is 72.8 cm³/mol. The van der Waals surface area contributed by atoms with Gasteiger partial charge in [0.25, 0.3) is 5.69 Å². The topological polar surface area (TPSA) is 66.6 Å². The van der Waals surface area contributed by atoms with Gasteiger partial charge in [0.15, 0.2) is 0 Å². The van der Waals surface area contributed by atoms with Crippen LogP contribution in [-0.2, 0) is 6.54 Å². The normalized spacial score (nSPS) is 20.0. The average molecular weight is 282 g/mol. The zero-order chi connectivity index (χ0) is 14.5. The van der Waals surface area contributed by atoms with E-state index in [1.165, 1.54) is 18.2 Å². The Morgan fingerprint density at radius 1 is 1.45 bits per heavy atom. The van der Waals surface area contributed by atoms with E-state index in [2.05, 4.69) is 0 Å². The van der Waals surface area contributed by atoms with Crippen LogP contribution in [0.5, 0.6) is 0 Å². The maximum absolute atomic E-state index is 13.9. The number of nitrogens with zero attached hydrogens (tertiary/aromatic N) is 2. The van der Waals surface area contributed by atoms with Gasteiger partial charge in [-0.2, -0.15) is 0 Å². The molecule has 1 aliphatic rings. The molecule has 0 radical (unpaired) electrons. The highest BCUT2D eigenvalue weighted by atomic mass is 19.1. The highest BCUT2D eigenvalue weighted by Gasteiger charge is 2.26. The summed E-state index contributed by atoms with van der Waals surface area (Å²) < 4.78 is 13.9. The molecule has 1 aromatic carbocycles. The summed E-state index contributed by atoms with van der Waals surface area (Å²) in [4.78, 5) is 12.5. The molecule has 0 saturated carbocycles. The molecule has 1 unspecified atom stereocenters. The van der Waals surface area contributed by atoms with Crippen LogP contribution in [0.15, 0.2) is 18.2 Å². The van der Waals surface area contributed by atoms with Crippen molar-refractivity contribution in [2.24, 2.45) is 0 Å². The number of benzene rings is 1. The maximum atomic E-state index is 13.9. The summed E-state index contributed by atoms with van der Waals surface area (Å²) in [6.07, 6.45) is 3.66. The molecule has 0 amide bonds. The van der Waals surface area contributed by atoms with Crippen LogP contribution < -0.4 is 0 Å². The molecule has 1 saturated heterocycles. The van der Waals surface area contributed by atoms with Crippen molar-refractivity contribution in [1.82, 2.24) is 4.90 Å². The van der Waals surface area contributed by atoms with E-state index in [0.717, 1.165) is 25.8 Å². The van der Waals surface area contributed by atoms with Crippen LogP contribution in [0, 0.1) is 15.9 Å². The standard InChI is InChI=1S/C14H19FN2O3/c15-13-5-3-6-14(17(19)20)12(13)10-16-8-2-1-4-11(16)7-9-18/h3,5-6,11,18H,1-2,4,7-10H2. The minimum absolute atomic E-state index is 0.0839. The van der Waals surface area contributed by atoms with Crippen LogP contribution in [0.25, 0.3) is 0 Å². The number of hydrogen-bond donors (Lipinski definition) is 1. The highest BCUT2D eigenvalue weighted by Crippen LogP contribution is 2.27. The third-order valence-corrected chi connectivity index (χ3v) is 3.86. The lowest BCUT2D eigenvalue weighted by Crippen LogP contribution is -2.39. The second-order valence-corrected chi connectivity index (χ2v) is 5.13. The van der Waals surface area contributed by atoms with Gasteiger partial charge < -0.3 is 5.11 Å². The van der Waals surface area contributed by atoms with E-state index in [0.29, 0.717) is 6.42 Å². The Morgan fingerprint density at radius 3 is 2.95 bits per heavy atom. The predicted octanol–water partition coefficient (Wildman–Crippen LogP) is 2.47. The third kappa shape index (κ3) is 3.32. The third-order valence-electron chi connectivity index (χ3n) is 3.86. The first-order valence-corrected chi connectivity index (χ1v) is 6.90. The minimum Gasteiger partial charge on any atom is -0.396 e. The molecule has 1 N–H and O–H groups in total. The number of aliphatic hydroxyl groups is 1. The van der Waals surface area contributed by atoms with Crippen molar-refractivity contribution in [3.63, 3.8) is 0 Å². The summed E-state index contributed by atoms with van der Waals surface area (Å²) in [5.74, 6) is -0.535. The van der Waals surface area contributed by atoms with E-state index in [-0.39, 0.29) is 30.4 Å². The second-order valence-electron chi connectivity index (χ2n) is 5.13. The van der Waals surface area contributed by atoms with E-state index >= 15 is 0 Å².